The highest BCUT2D eigenvalue weighted by atomic mass is 35.5. The Morgan fingerprint density at radius 2 is 2.00 bits per heavy atom. The summed E-state index contributed by atoms with van der Waals surface area (Å²) in [6.45, 7) is -0.692. The smallest absolute Gasteiger partial charge is 0.280 e. The number of aliphatic hydroxyl groups is 1. The van der Waals surface area contributed by atoms with Gasteiger partial charge in [-0.25, -0.2) is 17.2 Å². The molecular formula is C10H17ClF2N2O4S. The average Bonchev–Trinajstić information content (AvgIpc) is 3.11. The van der Waals surface area contributed by atoms with Crippen LogP contribution in [0.2, 0.25) is 0 Å². The predicted molar refractivity (Wildman–Crippen MR) is 69.3 cm³/mol. The van der Waals surface area contributed by atoms with Gasteiger partial charge in [0.25, 0.3) is 21.1 Å². The van der Waals surface area contributed by atoms with Crippen molar-refractivity contribution in [3.63, 3.8) is 0 Å². The summed E-state index contributed by atoms with van der Waals surface area (Å²) in [4.78, 5) is 11.5. The zero-order chi connectivity index (χ0) is 14.3. The molecule has 0 unspecified atom stereocenters. The quantitative estimate of drug-likeness (QED) is 0.637. The Morgan fingerprint density at radius 3 is 2.50 bits per heavy atom. The number of nitrogens with one attached hydrogen (secondary N) is 2. The van der Waals surface area contributed by atoms with E-state index in [2.05, 4.69) is 5.32 Å². The minimum atomic E-state index is -4.36. The molecule has 20 heavy (non-hydrogen) atoms. The van der Waals surface area contributed by atoms with Gasteiger partial charge in [0.15, 0.2) is 0 Å². The van der Waals surface area contributed by atoms with Gasteiger partial charge in [0.2, 0.25) is 0 Å². The van der Waals surface area contributed by atoms with Gasteiger partial charge in [-0.2, -0.15) is 4.72 Å². The average molecular weight is 335 g/mol. The summed E-state index contributed by atoms with van der Waals surface area (Å²) in [6, 6.07) is -2.95. The van der Waals surface area contributed by atoms with E-state index in [-0.39, 0.29) is 25.4 Å². The summed E-state index contributed by atoms with van der Waals surface area (Å²) in [5.74, 6) is -3.88. The first kappa shape index (κ1) is 17.7. The lowest BCUT2D eigenvalue weighted by molar-refractivity contribution is -0.113. The van der Waals surface area contributed by atoms with E-state index in [9.17, 15) is 22.0 Å². The summed E-state index contributed by atoms with van der Waals surface area (Å²) in [6.07, 6.45) is 0.806. The van der Waals surface area contributed by atoms with Crippen molar-refractivity contribution in [2.24, 2.45) is 5.92 Å². The van der Waals surface area contributed by atoms with Crippen LogP contribution in [0.1, 0.15) is 19.3 Å². The zero-order valence-corrected chi connectivity index (χ0v) is 12.1. The van der Waals surface area contributed by atoms with Crippen LogP contribution >= 0.6 is 12.4 Å². The minimum Gasteiger partial charge on any atom is -0.396 e. The Hall–Kier alpha value is -0.350. The molecule has 1 saturated carbocycles. The molecule has 0 aromatic heterocycles. The number of alkyl halides is 2. The first-order chi connectivity index (χ1) is 8.79. The van der Waals surface area contributed by atoms with Crippen LogP contribution in [0, 0.1) is 5.92 Å². The standard InChI is InChI=1S/C10H16F2N2O4S.ClH/c11-10(12)7(3-4-15)13-5-8(10)14-19(17,18)9(16)6-1-2-6;/h6-8,13-15H,1-5H2;1H/t7-,8-;/m1./s1. The van der Waals surface area contributed by atoms with Crippen LogP contribution < -0.4 is 10.0 Å². The zero-order valence-electron chi connectivity index (χ0n) is 10.5. The van der Waals surface area contributed by atoms with E-state index in [4.69, 9.17) is 5.11 Å². The highest BCUT2D eigenvalue weighted by Gasteiger charge is 2.54. The largest absolute Gasteiger partial charge is 0.396 e. The van der Waals surface area contributed by atoms with E-state index >= 15 is 0 Å². The predicted octanol–water partition coefficient (Wildman–Crippen LogP) is -0.378. The van der Waals surface area contributed by atoms with Crippen molar-refractivity contribution in [3.8, 4) is 0 Å². The second-order valence-electron chi connectivity index (χ2n) is 4.91. The van der Waals surface area contributed by atoms with Gasteiger partial charge in [-0.3, -0.25) is 4.79 Å². The molecule has 1 heterocycles. The Labute approximate surface area is 121 Å². The number of aliphatic hydroxyl groups excluding tert-OH is 1. The fourth-order valence-electron chi connectivity index (χ4n) is 2.10. The van der Waals surface area contributed by atoms with Crippen molar-refractivity contribution in [2.45, 2.75) is 37.3 Å². The molecular weight excluding hydrogens is 318 g/mol. The lowest BCUT2D eigenvalue weighted by Crippen LogP contribution is -2.51. The third kappa shape index (κ3) is 3.45. The Balaban J connectivity index is 0.00000200. The fraction of sp³-hybridized carbons (Fsp3) is 0.900. The minimum absolute atomic E-state index is 0. The number of carbonyl (C=O) groups excluding carboxylic acids is 1. The Bertz CT molecular complexity index is 470. The molecule has 0 radical (unpaired) electrons. The van der Waals surface area contributed by atoms with Crippen molar-refractivity contribution >= 4 is 27.5 Å². The maximum Gasteiger partial charge on any atom is 0.280 e. The molecule has 0 aromatic rings. The number of halogens is 3. The van der Waals surface area contributed by atoms with Gasteiger partial charge in [-0.05, 0) is 19.3 Å². The molecule has 2 fully saturated rings. The van der Waals surface area contributed by atoms with E-state index < -0.39 is 45.7 Å². The van der Waals surface area contributed by atoms with E-state index in [0.29, 0.717) is 12.8 Å². The summed E-state index contributed by atoms with van der Waals surface area (Å²) < 4.78 is 52.8. The van der Waals surface area contributed by atoms with Crippen LogP contribution in [0.3, 0.4) is 0 Å². The highest BCUT2D eigenvalue weighted by Crippen LogP contribution is 2.33. The first-order valence-electron chi connectivity index (χ1n) is 6.07. The number of sulfonamides is 1. The van der Waals surface area contributed by atoms with Gasteiger partial charge in [0.05, 0.1) is 12.1 Å². The first-order valence-corrected chi connectivity index (χ1v) is 7.55. The molecule has 6 nitrogen and oxygen atoms in total. The van der Waals surface area contributed by atoms with Gasteiger partial charge >= 0.3 is 0 Å². The van der Waals surface area contributed by atoms with E-state index in [0.717, 1.165) is 0 Å². The second kappa shape index (κ2) is 6.18. The van der Waals surface area contributed by atoms with Crippen LogP contribution in [0.15, 0.2) is 0 Å². The number of hydrogen-bond donors (Lipinski definition) is 3. The second-order valence-corrected chi connectivity index (χ2v) is 6.56. The summed E-state index contributed by atoms with van der Waals surface area (Å²) in [7, 11) is -4.36. The van der Waals surface area contributed by atoms with E-state index in [1.807, 2.05) is 0 Å². The molecule has 1 aliphatic heterocycles. The van der Waals surface area contributed by atoms with Gasteiger partial charge in [-0.1, -0.05) is 0 Å². The lowest BCUT2D eigenvalue weighted by Gasteiger charge is -2.23. The molecule has 1 saturated heterocycles. The van der Waals surface area contributed by atoms with Crippen LogP contribution in [-0.4, -0.2) is 49.8 Å². The molecule has 0 spiro atoms. The molecule has 2 rings (SSSR count). The van der Waals surface area contributed by atoms with Gasteiger partial charge in [-0.15, -0.1) is 12.4 Å². The summed E-state index contributed by atoms with van der Waals surface area (Å²) >= 11 is 0. The summed E-state index contributed by atoms with van der Waals surface area (Å²) in [5, 5.41) is 10.1. The number of hydrogen-bond acceptors (Lipinski definition) is 5. The molecule has 0 aromatic carbocycles. The van der Waals surface area contributed by atoms with Crippen molar-refractivity contribution in [3.05, 3.63) is 0 Å². The molecule has 10 heteroatoms. The Kier molecular flexibility index (Phi) is 5.47. The van der Waals surface area contributed by atoms with Crippen LogP contribution in [0.25, 0.3) is 0 Å². The third-order valence-corrected chi connectivity index (χ3v) is 4.85. The van der Waals surface area contributed by atoms with Crippen LogP contribution in [0.4, 0.5) is 8.78 Å². The normalized spacial score (nSPS) is 28.9. The molecule has 2 atom stereocenters. The monoisotopic (exact) mass is 334 g/mol. The molecule has 1 aliphatic carbocycles. The number of carbonyl (C=O) groups is 1. The lowest BCUT2D eigenvalue weighted by atomic mass is 10.1. The van der Waals surface area contributed by atoms with E-state index in [1.165, 1.54) is 0 Å². The van der Waals surface area contributed by atoms with Crippen molar-refractivity contribution < 1.29 is 27.1 Å². The number of rotatable bonds is 5. The van der Waals surface area contributed by atoms with Crippen LogP contribution in [0.5, 0.6) is 0 Å². The van der Waals surface area contributed by atoms with Crippen LogP contribution in [-0.2, 0) is 14.8 Å². The van der Waals surface area contributed by atoms with Gasteiger partial charge < -0.3 is 10.4 Å². The Morgan fingerprint density at radius 1 is 1.40 bits per heavy atom. The fourth-order valence-corrected chi connectivity index (χ4v) is 3.51. The maximum absolute atomic E-state index is 13.9. The van der Waals surface area contributed by atoms with Gasteiger partial charge in [0, 0.05) is 19.1 Å². The third-order valence-electron chi connectivity index (χ3n) is 3.39. The topological polar surface area (TPSA) is 95.5 Å². The molecule has 3 N–H and O–H groups in total. The van der Waals surface area contributed by atoms with Gasteiger partial charge in [0.1, 0.15) is 0 Å². The van der Waals surface area contributed by atoms with Crippen molar-refractivity contribution in [2.75, 3.05) is 13.2 Å². The highest BCUT2D eigenvalue weighted by molar-refractivity contribution is 8.04. The van der Waals surface area contributed by atoms with Crippen molar-refractivity contribution in [1.29, 1.82) is 0 Å². The molecule has 2 aliphatic rings. The molecule has 118 valence electrons. The molecule has 0 bridgehead atoms. The van der Waals surface area contributed by atoms with Crippen molar-refractivity contribution in [1.82, 2.24) is 10.0 Å². The maximum atomic E-state index is 13.9. The SMILES string of the molecule is Cl.O=C(C1CC1)S(=O)(=O)N[C@@H]1CN[C@H](CCO)C1(F)F. The summed E-state index contributed by atoms with van der Waals surface area (Å²) in [5.41, 5.74) is 0. The molecule has 0 amide bonds. The van der Waals surface area contributed by atoms with E-state index in [1.54, 1.807) is 4.72 Å².